The van der Waals surface area contributed by atoms with E-state index in [0.29, 0.717) is 22.2 Å². The van der Waals surface area contributed by atoms with Crippen LogP contribution in [0.25, 0.3) is 0 Å². The van der Waals surface area contributed by atoms with E-state index in [4.69, 9.17) is 0 Å². The molecule has 2 aliphatic heterocycles. The van der Waals surface area contributed by atoms with Gasteiger partial charge in [-0.1, -0.05) is 0 Å². The quantitative estimate of drug-likeness (QED) is 0.687. The zero-order valence-electron chi connectivity index (χ0n) is 16.9. The van der Waals surface area contributed by atoms with Gasteiger partial charge in [0.25, 0.3) is 0 Å². The van der Waals surface area contributed by atoms with E-state index in [1.807, 2.05) is 0 Å². The molecule has 130 valence electrons. The minimum Gasteiger partial charge on any atom is -0.296 e. The molecular formula is C20H40N2. The molecule has 2 aliphatic rings. The van der Waals surface area contributed by atoms with Crippen molar-refractivity contribution in [2.75, 3.05) is 14.1 Å². The standard InChI is InChI=1S/C20H40N2/c1-17(2)11-15(12-18(3,4)21(17)9)16-13-19(5,6)22(10)20(7,8)14-16/h15-16H,11-14H2,1-10H3. The average Bonchev–Trinajstić information content (AvgIpc) is 2.31. The van der Waals surface area contributed by atoms with Crippen LogP contribution in [0.2, 0.25) is 0 Å². The third kappa shape index (κ3) is 3.11. The molecule has 0 N–H and O–H groups in total. The monoisotopic (exact) mass is 308 g/mol. The molecule has 22 heavy (non-hydrogen) atoms. The summed E-state index contributed by atoms with van der Waals surface area (Å²) in [5.41, 5.74) is 1.24. The van der Waals surface area contributed by atoms with E-state index >= 15 is 0 Å². The van der Waals surface area contributed by atoms with Crippen molar-refractivity contribution in [3.05, 3.63) is 0 Å². The average molecular weight is 309 g/mol. The minimum atomic E-state index is 0.310. The summed E-state index contributed by atoms with van der Waals surface area (Å²) < 4.78 is 0. The molecule has 2 nitrogen and oxygen atoms in total. The second kappa shape index (κ2) is 5.21. The highest BCUT2D eigenvalue weighted by molar-refractivity contribution is 5.05. The van der Waals surface area contributed by atoms with Gasteiger partial charge in [-0.15, -0.1) is 0 Å². The van der Waals surface area contributed by atoms with E-state index in [2.05, 4.69) is 79.3 Å². The van der Waals surface area contributed by atoms with E-state index in [9.17, 15) is 0 Å². The van der Waals surface area contributed by atoms with Crippen LogP contribution in [0, 0.1) is 11.8 Å². The fourth-order valence-electron chi connectivity index (χ4n) is 5.56. The minimum absolute atomic E-state index is 0.310. The van der Waals surface area contributed by atoms with Gasteiger partial charge in [0.05, 0.1) is 0 Å². The Balaban J connectivity index is 2.25. The third-order valence-corrected chi connectivity index (χ3v) is 7.35. The molecule has 0 aromatic carbocycles. The Hall–Kier alpha value is -0.0800. The first kappa shape index (κ1) is 18.3. The number of hydrogen-bond donors (Lipinski definition) is 0. The molecule has 0 bridgehead atoms. The predicted octanol–water partition coefficient (Wildman–Crippen LogP) is 4.78. The molecule has 0 radical (unpaired) electrons. The van der Waals surface area contributed by atoms with Gasteiger partial charge in [-0.25, -0.2) is 0 Å². The SMILES string of the molecule is CN1C(C)(C)CC(C2CC(C)(C)N(C)C(C)(C)C2)CC1(C)C. The maximum Gasteiger partial charge on any atom is 0.0158 e. The normalized spacial score (nSPS) is 33.0. The van der Waals surface area contributed by atoms with Crippen LogP contribution in [0.15, 0.2) is 0 Å². The molecule has 2 rings (SSSR count). The van der Waals surface area contributed by atoms with Crippen molar-refractivity contribution in [2.24, 2.45) is 11.8 Å². The molecule has 0 unspecified atom stereocenters. The van der Waals surface area contributed by atoms with Crippen LogP contribution in [-0.4, -0.2) is 46.1 Å². The molecule has 0 atom stereocenters. The molecular weight excluding hydrogens is 268 g/mol. The number of likely N-dealkylation sites (tertiary alicyclic amines) is 2. The fourth-order valence-corrected chi connectivity index (χ4v) is 5.56. The largest absolute Gasteiger partial charge is 0.296 e. The first-order valence-corrected chi connectivity index (χ1v) is 9.17. The van der Waals surface area contributed by atoms with Gasteiger partial charge in [0.1, 0.15) is 0 Å². The lowest BCUT2D eigenvalue weighted by Gasteiger charge is -2.59. The molecule has 0 saturated carbocycles. The number of nitrogens with zero attached hydrogens (tertiary/aromatic N) is 2. The van der Waals surface area contributed by atoms with E-state index in [-0.39, 0.29) is 0 Å². The van der Waals surface area contributed by atoms with Crippen LogP contribution in [0.1, 0.15) is 81.1 Å². The molecule has 0 amide bonds. The second-order valence-corrected chi connectivity index (χ2v) is 10.7. The molecule has 2 heterocycles. The molecule has 0 aliphatic carbocycles. The van der Waals surface area contributed by atoms with E-state index in [1.54, 1.807) is 0 Å². The summed E-state index contributed by atoms with van der Waals surface area (Å²) in [6, 6.07) is 0. The zero-order chi connectivity index (χ0) is 17.1. The molecule has 2 saturated heterocycles. The summed E-state index contributed by atoms with van der Waals surface area (Å²) in [4.78, 5) is 5.23. The number of rotatable bonds is 1. The van der Waals surface area contributed by atoms with Crippen molar-refractivity contribution in [3.63, 3.8) is 0 Å². The maximum atomic E-state index is 2.61. The highest BCUT2D eigenvalue weighted by Crippen LogP contribution is 2.50. The van der Waals surface area contributed by atoms with Gasteiger partial charge >= 0.3 is 0 Å². The lowest BCUT2D eigenvalue weighted by atomic mass is 9.62. The molecule has 0 aromatic rings. The van der Waals surface area contributed by atoms with Crippen molar-refractivity contribution in [2.45, 2.75) is 103 Å². The summed E-state index contributed by atoms with van der Waals surface area (Å²) in [5, 5.41) is 0. The first-order chi connectivity index (χ1) is 9.69. The Labute approximate surface area is 139 Å². The Morgan fingerprint density at radius 2 is 0.682 bits per heavy atom. The molecule has 2 heteroatoms. The van der Waals surface area contributed by atoms with Gasteiger partial charge < -0.3 is 0 Å². The molecule has 2 fully saturated rings. The fraction of sp³-hybridized carbons (Fsp3) is 1.00. The topological polar surface area (TPSA) is 6.48 Å². The molecule has 0 spiro atoms. The summed E-state index contributed by atoms with van der Waals surface area (Å²) >= 11 is 0. The predicted molar refractivity (Wildman–Crippen MR) is 97.3 cm³/mol. The van der Waals surface area contributed by atoms with Gasteiger partial charge in [-0.05, 0) is 107 Å². The van der Waals surface area contributed by atoms with E-state index in [0.717, 1.165) is 11.8 Å². The van der Waals surface area contributed by atoms with E-state index in [1.165, 1.54) is 25.7 Å². The highest BCUT2D eigenvalue weighted by Gasteiger charge is 2.50. The van der Waals surface area contributed by atoms with Crippen molar-refractivity contribution in [1.29, 1.82) is 0 Å². The highest BCUT2D eigenvalue weighted by atomic mass is 15.2. The lowest BCUT2D eigenvalue weighted by molar-refractivity contribution is -0.0884. The third-order valence-electron chi connectivity index (χ3n) is 7.35. The van der Waals surface area contributed by atoms with Gasteiger partial charge in [-0.2, -0.15) is 0 Å². The van der Waals surface area contributed by atoms with Crippen LogP contribution in [0.4, 0.5) is 0 Å². The maximum absolute atomic E-state index is 2.61. The van der Waals surface area contributed by atoms with Gasteiger partial charge in [-0.3, -0.25) is 9.80 Å². The lowest BCUT2D eigenvalue weighted by Crippen LogP contribution is -2.63. The first-order valence-electron chi connectivity index (χ1n) is 9.17. The summed E-state index contributed by atoms with van der Waals surface area (Å²) in [6.45, 7) is 19.5. The zero-order valence-corrected chi connectivity index (χ0v) is 16.9. The van der Waals surface area contributed by atoms with Crippen molar-refractivity contribution >= 4 is 0 Å². The second-order valence-electron chi connectivity index (χ2n) is 10.7. The van der Waals surface area contributed by atoms with Gasteiger partial charge in [0, 0.05) is 22.2 Å². The smallest absolute Gasteiger partial charge is 0.0158 e. The number of hydrogen-bond acceptors (Lipinski definition) is 2. The van der Waals surface area contributed by atoms with Crippen LogP contribution in [0.3, 0.4) is 0 Å². The van der Waals surface area contributed by atoms with E-state index < -0.39 is 0 Å². The number of piperidine rings is 2. The Kier molecular flexibility index (Phi) is 4.32. The summed E-state index contributed by atoms with van der Waals surface area (Å²) in [5.74, 6) is 1.71. The summed E-state index contributed by atoms with van der Waals surface area (Å²) in [7, 11) is 4.64. The Morgan fingerprint density at radius 1 is 0.500 bits per heavy atom. The van der Waals surface area contributed by atoms with Gasteiger partial charge in [0.2, 0.25) is 0 Å². The van der Waals surface area contributed by atoms with Gasteiger partial charge in [0.15, 0.2) is 0 Å². The van der Waals surface area contributed by atoms with Crippen molar-refractivity contribution in [3.8, 4) is 0 Å². The van der Waals surface area contributed by atoms with Crippen molar-refractivity contribution < 1.29 is 0 Å². The summed E-state index contributed by atoms with van der Waals surface area (Å²) in [6.07, 6.45) is 5.36. The molecule has 0 aromatic heterocycles. The van der Waals surface area contributed by atoms with Crippen molar-refractivity contribution in [1.82, 2.24) is 9.80 Å². The van der Waals surface area contributed by atoms with Crippen LogP contribution < -0.4 is 0 Å². The Bertz CT molecular complexity index is 343. The van der Waals surface area contributed by atoms with Crippen LogP contribution in [-0.2, 0) is 0 Å². The van der Waals surface area contributed by atoms with Crippen LogP contribution in [0.5, 0.6) is 0 Å². The van der Waals surface area contributed by atoms with Crippen LogP contribution >= 0.6 is 0 Å². The Morgan fingerprint density at radius 3 is 0.864 bits per heavy atom.